The molecule has 1 aliphatic rings. The van der Waals surface area contributed by atoms with Crippen LogP contribution in [-0.4, -0.2) is 184 Å². The van der Waals surface area contributed by atoms with Crippen LogP contribution in [0.2, 0.25) is 0 Å². The van der Waals surface area contributed by atoms with E-state index in [1.165, 1.54) is 58.9 Å². The molecule has 4 heterocycles. The van der Waals surface area contributed by atoms with Crippen LogP contribution in [0.15, 0.2) is 84.9 Å². The molecule has 26 nitrogen and oxygen atoms in total. The monoisotopic (exact) mass is 1430 g/mol. The molecule has 6 aromatic rings. The number of urea groups is 1. The van der Waals surface area contributed by atoms with Gasteiger partial charge in [-0.15, -0.1) is 16.4 Å². The molecule has 0 radical (unpaired) electrons. The van der Waals surface area contributed by atoms with Crippen LogP contribution in [0.25, 0.3) is 10.2 Å². The third-order valence-corrected chi connectivity index (χ3v) is 19.3. The number of amides is 8. The van der Waals surface area contributed by atoms with Gasteiger partial charge in [-0.2, -0.15) is 5.10 Å². The summed E-state index contributed by atoms with van der Waals surface area (Å²) >= 11 is 2.87. The van der Waals surface area contributed by atoms with E-state index in [1.54, 1.807) is 51.1 Å². The van der Waals surface area contributed by atoms with Crippen LogP contribution in [0, 0.1) is 30.5 Å². The summed E-state index contributed by atoms with van der Waals surface area (Å²) in [6.07, 6.45) is 6.51. The number of aliphatic hydroxyl groups is 1. The minimum atomic E-state index is -1.44. The van der Waals surface area contributed by atoms with Crippen molar-refractivity contribution in [1.82, 2.24) is 45.9 Å². The van der Waals surface area contributed by atoms with Gasteiger partial charge in [0.25, 0.3) is 11.8 Å². The maximum Gasteiger partial charge on any atom is 0.410 e. The molecular weight excluding hydrogens is 1340 g/mol. The minimum absolute atomic E-state index is 0.00832. The average Bonchev–Trinajstić information content (AvgIpc) is 1.77. The molecule has 101 heavy (non-hydrogen) atoms. The molecule has 9 N–H and O–H groups in total. The number of ether oxygens (including phenoxy) is 3. The number of aliphatic hydroxyl groups excluding tert-OH is 1. The number of nitrogens with zero attached hydrogens (tertiary/aromatic N) is 7. The summed E-state index contributed by atoms with van der Waals surface area (Å²) in [6, 6.07) is 18.8. The number of thiazole rings is 2. The third kappa shape index (κ3) is 24.1. The normalized spacial score (nSPS) is 13.6. The molecule has 3 aromatic carbocycles. The van der Waals surface area contributed by atoms with E-state index in [4.69, 9.17) is 25.0 Å². The van der Waals surface area contributed by atoms with Crippen molar-refractivity contribution in [2.75, 3.05) is 84.3 Å². The van der Waals surface area contributed by atoms with Gasteiger partial charge in [0.15, 0.2) is 28.2 Å². The standard InChI is InChI=1S/C72H92FN13O13S2/c1-9-38-86(7,8)44-52(87)19-13-18-50(56-42-47(5)65(83-82-56)80-70-78-54-20-11-12-22-58(54)101-70)27-31-61-79-64(67(92)93)59(100-61)23-16-39-98-57-30-26-48(43-53(57)73)17-15-36-84(6)71(96)99-45-49-24-28-51(29-25-49)76-66(91)55(21-14-35-75-69(74)95)77-68(94)72(10-2,46(3)4)81-60(88)34-40-97-41-37-85-62(89)32-33-63(85)90/h11-12,20,22,24-26,28-30,32-33,42-43,46,50,52,55,87H,9-10,13-14,16,18-19,21,23,27,31,34-41,44-45H2,1-8H3,(H7-,74,75,76,77,78,80,81,83,88,91,92,93,94,95)/p+1/t50?,52?,55-,72?/m0/s1. The Kier molecular flexibility index (Phi) is 30.0. The van der Waals surface area contributed by atoms with Gasteiger partial charge in [-0.25, -0.2) is 28.7 Å². The zero-order valence-corrected chi connectivity index (χ0v) is 60.2. The van der Waals surface area contributed by atoms with Crippen molar-refractivity contribution in [3.05, 3.63) is 129 Å². The molecule has 7 rings (SSSR count). The summed E-state index contributed by atoms with van der Waals surface area (Å²) in [7, 11) is 5.75. The zero-order valence-electron chi connectivity index (χ0n) is 58.5. The average molecular weight is 1430 g/mol. The van der Waals surface area contributed by atoms with Gasteiger partial charge in [-0.3, -0.25) is 28.9 Å². The third-order valence-electron chi connectivity index (χ3n) is 17.1. The van der Waals surface area contributed by atoms with E-state index in [0.29, 0.717) is 76.3 Å². The molecule has 0 spiro atoms. The number of nitrogens with one attached hydrogen (secondary N) is 5. The Morgan fingerprint density at radius 1 is 0.881 bits per heavy atom. The van der Waals surface area contributed by atoms with Crippen molar-refractivity contribution in [1.29, 1.82) is 0 Å². The lowest BCUT2D eigenvalue weighted by Crippen LogP contribution is -2.64. The molecule has 0 fully saturated rings. The van der Waals surface area contributed by atoms with Crippen molar-refractivity contribution in [3.63, 3.8) is 0 Å². The van der Waals surface area contributed by atoms with Gasteiger partial charge in [0.05, 0.1) is 74.5 Å². The van der Waals surface area contributed by atoms with E-state index >= 15 is 4.39 Å². The highest BCUT2D eigenvalue weighted by Crippen LogP contribution is 2.33. The molecule has 0 bridgehead atoms. The maximum absolute atomic E-state index is 15.4. The first-order valence-corrected chi connectivity index (χ1v) is 35.5. The number of hydrogen-bond donors (Lipinski definition) is 8. The van der Waals surface area contributed by atoms with Gasteiger partial charge in [0.2, 0.25) is 17.7 Å². The number of carbonyl (C=O) groups excluding carboxylic acids is 7. The second-order valence-corrected chi connectivity index (χ2v) is 28.0. The minimum Gasteiger partial charge on any atom is -0.491 e. The number of anilines is 3. The molecule has 0 aliphatic carbocycles. The Morgan fingerprint density at radius 3 is 2.32 bits per heavy atom. The molecule has 4 atom stereocenters. The molecule has 1 aliphatic heterocycles. The van der Waals surface area contributed by atoms with Crippen LogP contribution in [0.5, 0.6) is 5.75 Å². The Bertz CT molecular complexity index is 3900. The summed E-state index contributed by atoms with van der Waals surface area (Å²) in [6.45, 7) is 11.0. The molecular formula is C72H93FN13O13S2+. The van der Waals surface area contributed by atoms with Crippen LogP contribution in [-0.2, 0) is 52.9 Å². The number of imide groups is 1. The summed E-state index contributed by atoms with van der Waals surface area (Å²) in [5, 5.41) is 46.2. The number of hydrogen-bond acceptors (Lipinski definition) is 19. The quantitative estimate of drug-likeness (QED) is 0.00770. The van der Waals surface area contributed by atoms with E-state index in [2.05, 4.69) is 74.5 Å². The lowest BCUT2D eigenvalue weighted by atomic mass is 9.82. The highest BCUT2D eigenvalue weighted by atomic mass is 32.1. The van der Waals surface area contributed by atoms with Crippen molar-refractivity contribution in [2.24, 2.45) is 11.7 Å². The van der Waals surface area contributed by atoms with Gasteiger partial charge < -0.3 is 66.1 Å². The number of fused-ring (bicyclic) bond motifs is 1. The molecule has 3 aromatic heterocycles. The number of aromatic carboxylic acids is 1. The Morgan fingerprint density at radius 2 is 1.63 bits per heavy atom. The molecule has 8 amide bonds. The first kappa shape index (κ1) is 78.9. The molecule has 0 saturated heterocycles. The van der Waals surface area contributed by atoms with Crippen molar-refractivity contribution in [2.45, 2.75) is 142 Å². The smallest absolute Gasteiger partial charge is 0.410 e. The number of rotatable bonds is 40. The Hall–Kier alpha value is -9.47. The van der Waals surface area contributed by atoms with E-state index < -0.39 is 77.0 Å². The summed E-state index contributed by atoms with van der Waals surface area (Å²) in [4.78, 5) is 114. The number of halogens is 1. The van der Waals surface area contributed by atoms with Crippen molar-refractivity contribution in [3.8, 4) is 17.6 Å². The van der Waals surface area contributed by atoms with Gasteiger partial charge in [-0.1, -0.05) is 75.1 Å². The predicted octanol–water partition coefficient (Wildman–Crippen LogP) is 8.92. The lowest BCUT2D eigenvalue weighted by Gasteiger charge is -2.37. The summed E-state index contributed by atoms with van der Waals surface area (Å²) < 4.78 is 34.0. The van der Waals surface area contributed by atoms with Gasteiger partial charge in [0.1, 0.15) is 30.8 Å². The number of carboxylic acids is 1. The number of carboxylic acid groups (broad SMARTS) is 1. The highest BCUT2D eigenvalue weighted by Gasteiger charge is 2.43. The van der Waals surface area contributed by atoms with Gasteiger partial charge in [0, 0.05) is 54.2 Å². The number of aromatic nitrogens is 4. The second-order valence-electron chi connectivity index (χ2n) is 25.8. The van der Waals surface area contributed by atoms with Gasteiger partial charge >= 0.3 is 18.1 Å². The largest absolute Gasteiger partial charge is 0.491 e. The number of likely N-dealkylation sites (N-methyl/N-ethyl adjacent to an activating group) is 1. The Labute approximate surface area is 596 Å². The zero-order chi connectivity index (χ0) is 73.2. The topological polar surface area (TPSA) is 349 Å². The van der Waals surface area contributed by atoms with Crippen LogP contribution in [0.3, 0.4) is 0 Å². The van der Waals surface area contributed by atoms with E-state index in [9.17, 15) is 48.6 Å². The van der Waals surface area contributed by atoms with Crippen LogP contribution in [0.1, 0.15) is 141 Å². The second kappa shape index (κ2) is 38.4. The fourth-order valence-electron chi connectivity index (χ4n) is 11.6. The fraction of sp³-hybridized carbons (Fsp3) is 0.472. The first-order valence-electron chi connectivity index (χ1n) is 33.9. The van der Waals surface area contributed by atoms with E-state index in [0.717, 1.165) is 56.7 Å². The molecule has 542 valence electrons. The number of quaternary nitrogens is 1. The fourth-order valence-corrected chi connectivity index (χ4v) is 13.6. The van der Waals surface area contributed by atoms with Crippen molar-refractivity contribution < 1.29 is 71.7 Å². The summed E-state index contributed by atoms with van der Waals surface area (Å²) in [5.74, 6) is 1.43. The SMILES string of the molecule is CCC[N+](C)(C)CC(O)CCCC(CCc1nc(C(=O)O)c(CCCOc2ccc(C#CCN(C)C(=O)OCc3ccc(NC(=O)[C@H](CCCNC(N)=O)NC(=O)C(CC)(NC(=O)CCOCCN4C(=O)C=CC4=O)C(C)C)cc3)cc2F)s1)c1cc(C)c(Nc2nc3ccccc3s2)nn1. The van der Waals surface area contributed by atoms with E-state index in [1.807, 2.05) is 37.3 Å². The molecule has 29 heteroatoms. The first-order chi connectivity index (χ1) is 48.3. The van der Waals surface area contributed by atoms with Crippen molar-refractivity contribution >= 4 is 97.2 Å². The van der Waals surface area contributed by atoms with Crippen LogP contribution in [0.4, 0.5) is 30.6 Å². The van der Waals surface area contributed by atoms with Gasteiger partial charge in [-0.05, 0) is 143 Å². The highest BCUT2D eigenvalue weighted by molar-refractivity contribution is 7.22. The maximum atomic E-state index is 15.4. The number of aryl methyl sites for hydroxylation is 3. The number of nitrogens with two attached hydrogens (primary N) is 1. The summed E-state index contributed by atoms with van der Waals surface area (Å²) in [5.41, 5.74) is 7.65. The number of benzene rings is 3. The van der Waals surface area contributed by atoms with Crippen LogP contribution < -0.4 is 37.1 Å². The molecule has 3 unspecified atom stereocenters. The lowest BCUT2D eigenvalue weighted by molar-refractivity contribution is -0.893. The van der Waals surface area contributed by atoms with E-state index in [-0.39, 0.29) is 89.1 Å². The number of primary amides is 1. The number of para-hydroxylation sites is 1. The van der Waals surface area contributed by atoms with Crippen LogP contribution >= 0.6 is 22.7 Å². The Balaban J connectivity index is 0.860. The number of carbonyl (C=O) groups is 8. The predicted molar refractivity (Wildman–Crippen MR) is 383 cm³/mol. The molecule has 0 saturated carbocycles.